The highest BCUT2D eigenvalue weighted by atomic mass is 79.9. The Morgan fingerprint density at radius 3 is 2.93 bits per heavy atom. The molecule has 1 aromatic carbocycles. The third-order valence-electron chi connectivity index (χ3n) is 2.94. The molecular formula is C12H16BrNS. The molecule has 82 valence electrons. The smallest absolute Gasteiger partial charge is 0.0313 e. The highest BCUT2D eigenvalue weighted by Crippen LogP contribution is 2.31. The average molecular weight is 286 g/mol. The largest absolute Gasteiger partial charge is 0.316 e. The van der Waals surface area contributed by atoms with Gasteiger partial charge in [0, 0.05) is 15.9 Å². The number of hydrogen-bond acceptors (Lipinski definition) is 2. The first-order valence-electron chi connectivity index (χ1n) is 5.35. The van der Waals surface area contributed by atoms with Crippen molar-refractivity contribution in [1.82, 2.24) is 5.32 Å². The number of benzene rings is 1. The topological polar surface area (TPSA) is 12.0 Å². The Bertz CT molecular complexity index is 334. The second-order valence-electron chi connectivity index (χ2n) is 3.94. The van der Waals surface area contributed by atoms with Crippen LogP contribution >= 0.6 is 27.7 Å². The van der Waals surface area contributed by atoms with Crippen LogP contribution in [0, 0.1) is 0 Å². The van der Waals surface area contributed by atoms with E-state index in [-0.39, 0.29) is 0 Å². The van der Waals surface area contributed by atoms with E-state index in [1.807, 2.05) is 0 Å². The SMILES string of the molecule is CSc1ccc(C2CCCNC2)cc1Br. The Hall–Kier alpha value is 0.01000. The van der Waals surface area contributed by atoms with Crippen LogP contribution in [0.15, 0.2) is 27.6 Å². The maximum atomic E-state index is 3.63. The summed E-state index contributed by atoms with van der Waals surface area (Å²) in [5.41, 5.74) is 1.46. The molecular weight excluding hydrogens is 270 g/mol. The molecule has 3 heteroatoms. The lowest BCUT2D eigenvalue weighted by molar-refractivity contribution is 0.461. The summed E-state index contributed by atoms with van der Waals surface area (Å²) in [5, 5.41) is 3.46. The fraction of sp³-hybridized carbons (Fsp3) is 0.500. The predicted octanol–water partition coefficient (Wildman–Crippen LogP) is 3.64. The van der Waals surface area contributed by atoms with Crippen molar-refractivity contribution in [2.45, 2.75) is 23.7 Å². The van der Waals surface area contributed by atoms with Crippen molar-refractivity contribution in [2.24, 2.45) is 0 Å². The van der Waals surface area contributed by atoms with Gasteiger partial charge in [-0.2, -0.15) is 0 Å². The molecule has 1 fully saturated rings. The van der Waals surface area contributed by atoms with Crippen LogP contribution in [0.4, 0.5) is 0 Å². The first kappa shape index (κ1) is 11.5. The molecule has 1 atom stereocenters. The molecule has 1 aliphatic heterocycles. The van der Waals surface area contributed by atoms with Gasteiger partial charge in [-0.15, -0.1) is 11.8 Å². The molecule has 15 heavy (non-hydrogen) atoms. The van der Waals surface area contributed by atoms with Crippen LogP contribution in [0.2, 0.25) is 0 Å². The predicted molar refractivity (Wildman–Crippen MR) is 70.8 cm³/mol. The maximum absolute atomic E-state index is 3.63. The monoisotopic (exact) mass is 285 g/mol. The number of nitrogens with one attached hydrogen (secondary N) is 1. The first-order valence-corrected chi connectivity index (χ1v) is 7.37. The van der Waals surface area contributed by atoms with E-state index >= 15 is 0 Å². The summed E-state index contributed by atoms with van der Waals surface area (Å²) >= 11 is 5.42. The molecule has 1 aliphatic rings. The molecule has 1 nitrogen and oxygen atoms in total. The van der Waals surface area contributed by atoms with Crippen molar-refractivity contribution in [3.05, 3.63) is 28.2 Å². The Labute approximate surface area is 104 Å². The van der Waals surface area contributed by atoms with E-state index < -0.39 is 0 Å². The molecule has 1 unspecified atom stereocenters. The van der Waals surface area contributed by atoms with Gasteiger partial charge >= 0.3 is 0 Å². The van der Waals surface area contributed by atoms with E-state index in [1.54, 1.807) is 11.8 Å². The van der Waals surface area contributed by atoms with Crippen LogP contribution < -0.4 is 5.32 Å². The second kappa shape index (κ2) is 5.37. The molecule has 0 aromatic heterocycles. The van der Waals surface area contributed by atoms with Gasteiger partial charge in [-0.25, -0.2) is 0 Å². The fourth-order valence-corrected chi connectivity index (χ4v) is 3.41. The van der Waals surface area contributed by atoms with Crippen molar-refractivity contribution >= 4 is 27.7 Å². The van der Waals surface area contributed by atoms with Gasteiger partial charge in [0.15, 0.2) is 0 Å². The number of hydrogen-bond donors (Lipinski definition) is 1. The molecule has 1 heterocycles. The molecule has 1 saturated heterocycles. The summed E-state index contributed by atoms with van der Waals surface area (Å²) < 4.78 is 1.23. The second-order valence-corrected chi connectivity index (χ2v) is 5.64. The van der Waals surface area contributed by atoms with E-state index in [9.17, 15) is 0 Å². The molecule has 0 saturated carbocycles. The van der Waals surface area contributed by atoms with Gasteiger partial charge < -0.3 is 5.32 Å². The Morgan fingerprint density at radius 2 is 2.33 bits per heavy atom. The zero-order valence-corrected chi connectivity index (χ0v) is 11.3. The molecule has 0 amide bonds. The minimum atomic E-state index is 0.700. The molecule has 0 radical (unpaired) electrons. The van der Waals surface area contributed by atoms with Crippen LogP contribution in [0.3, 0.4) is 0 Å². The summed E-state index contributed by atoms with van der Waals surface area (Å²) in [6, 6.07) is 6.77. The number of thioether (sulfide) groups is 1. The summed E-state index contributed by atoms with van der Waals surface area (Å²) in [5.74, 6) is 0.700. The van der Waals surface area contributed by atoms with Crippen molar-refractivity contribution in [1.29, 1.82) is 0 Å². The molecule has 1 aromatic rings. The lowest BCUT2D eigenvalue weighted by Crippen LogP contribution is -2.28. The Kier molecular flexibility index (Phi) is 4.12. The lowest BCUT2D eigenvalue weighted by atomic mass is 9.92. The van der Waals surface area contributed by atoms with Crippen LogP contribution in [0.5, 0.6) is 0 Å². The minimum Gasteiger partial charge on any atom is -0.316 e. The quantitative estimate of drug-likeness (QED) is 0.833. The van der Waals surface area contributed by atoms with Gasteiger partial charge in [-0.1, -0.05) is 6.07 Å². The third kappa shape index (κ3) is 2.77. The zero-order chi connectivity index (χ0) is 10.7. The van der Waals surface area contributed by atoms with Gasteiger partial charge in [0.2, 0.25) is 0 Å². The van der Waals surface area contributed by atoms with Crippen LogP contribution in [0.25, 0.3) is 0 Å². The van der Waals surface area contributed by atoms with Crippen molar-refractivity contribution in [3.8, 4) is 0 Å². The van der Waals surface area contributed by atoms with E-state index in [1.165, 1.54) is 34.3 Å². The van der Waals surface area contributed by atoms with Crippen LogP contribution in [-0.2, 0) is 0 Å². The standard InChI is InChI=1S/C12H16BrNS/c1-15-12-5-4-9(7-11(12)13)10-3-2-6-14-8-10/h4-5,7,10,14H,2-3,6,8H2,1H3. The molecule has 0 bridgehead atoms. The maximum Gasteiger partial charge on any atom is 0.0313 e. The van der Waals surface area contributed by atoms with Crippen molar-refractivity contribution < 1.29 is 0 Å². The summed E-state index contributed by atoms with van der Waals surface area (Å²) in [4.78, 5) is 1.32. The highest BCUT2D eigenvalue weighted by Gasteiger charge is 2.15. The highest BCUT2D eigenvalue weighted by molar-refractivity contribution is 9.10. The van der Waals surface area contributed by atoms with Gasteiger partial charge in [-0.05, 0) is 65.2 Å². The third-order valence-corrected chi connectivity index (χ3v) is 4.66. The minimum absolute atomic E-state index is 0.700. The first-order chi connectivity index (χ1) is 7.31. The van der Waals surface area contributed by atoms with E-state index in [2.05, 4.69) is 45.7 Å². The van der Waals surface area contributed by atoms with Gasteiger partial charge in [0.05, 0.1) is 0 Å². The molecule has 2 rings (SSSR count). The van der Waals surface area contributed by atoms with Crippen LogP contribution in [-0.4, -0.2) is 19.3 Å². The van der Waals surface area contributed by atoms with Crippen LogP contribution in [0.1, 0.15) is 24.3 Å². The van der Waals surface area contributed by atoms with Gasteiger partial charge in [-0.3, -0.25) is 0 Å². The fourth-order valence-electron chi connectivity index (χ4n) is 2.07. The van der Waals surface area contributed by atoms with Gasteiger partial charge in [0.1, 0.15) is 0 Å². The van der Waals surface area contributed by atoms with Crippen molar-refractivity contribution in [3.63, 3.8) is 0 Å². The summed E-state index contributed by atoms with van der Waals surface area (Å²) in [7, 11) is 0. The summed E-state index contributed by atoms with van der Waals surface area (Å²) in [6.07, 6.45) is 4.73. The average Bonchev–Trinajstić information content (AvgIpc) is 2.30. The number of piperidine rings is 1. The van der Waals surface area contributed by atoms with E-state index in [0.29, 0.717) is 5.92 Å². The molecule has 0 aliphatic carbocycles. The van der Waals surface area contributed by atoms with E-state index in [0.717, 1.165) is 6.54 Å². The van der Waals surface area contributed by atoms with E-state index in [4.69, 9.17) is 0 Å². The zero-order valence-electron chi connectivity index (χ0n) is 8.92. The summed E-state index contributed by atoms with van der Waals surface area (Å²) in [6.45, 7) is 2.31. The molecule has 0 spiro atoms. The molecule has 1 N–H and O–H groups in total. The number of rotatable bonds is 2. The number of halogens is 1. The lowest BCUT2D eigenvalue weighted by Gasteiger charge is -2.23. The normalized spacial score (nSPS) is 21.6. The van der Waals surface area contributed by atoms with Gasteiger partial charge in [0.25, 0.3) is 0 Å². The van der Waals surface area contributed by atoms with Crippen molar-refractivity contribution in [2.75, 3.05) is 19.3 Å². The Balaban J connectivity index is 2.17. The Morgan fingerprint density at radius 1 is 1.47 bits per heavy atom.